The van der Waals surface area contributed by atoms with Gasteiger partial charge in [0.15, 0.2) is 0 Å². The van der Waals surface area contributed by atoms with E-state index in [-0.39, 0.29) is 18.4 Å². The molecule has 7 heteroatoms. The SMILES string of the molecule is CCCCCCN(C(=O)CNC(=O)OC(C)(C)C)C(C(=O)Nc1ccc2ccccc2c1)c1cccc(C)c1. The number of unbranched alkanes of at least 4 members (excludes halogenated alkanes) is 3. The minimum atomic E-state index is -0.870. The summed E-state index contributed by atoms with van der Waals surface area (Å²) < 4.78 is 5.30. The third-order valence-electron chi connectivity index (χ3n) is 6.29. The molecule has 0 spiro atoms. The molecule has 39 heavy (non-hydrogen) atoms. The molecule has 7 nitrogen and oxygen atoms in total. The molecular weight excluding hydrogens is 490 g/mol. The topological polar surface area (TPSA) is 87.7 Å². The molecule has 0 bridgehead atoms. The number of aryl methyl sites for hydroxylation is 1. The van der Waals surface area contributed by atoms with E-state index >= 15 is 0 Å². The van der Waals surface area contributed by atoms with Gasteiger partial charge in [0, 0.05) is 12.2 Å². The molecule has 208 valence electrons. The molecule has 3 rings (SSSR count). The van der Waals surface area contributed by atoms with E-state index in [2.05, 4.69) is 17.6 Å². The van der Waals surface area contributed by atoms with Gasteiger partial charge in [-0.05, 0) is 62.6 Å². The molecule has 2 N–H and O–H groups in total. The van der Waals surface area contributed by atoms with E-state index < -0.39 is 17.7 Å². The Balaban J connectivity index is 1.90. The van der Waals surface area contributed by atoms with Crippen LogP contribution in [0.15, 0.2) is 66.7 Å². The molecule has 1 unspecified atom stereocenters. The molecule has 0 aliphatic carbocycles. The van der Waals surface area contributed by atoms with E-state index in [1.807, 2.05) is 73.7 Å². The van der Waals surface area contributed by atoms with E-state index in [1.54, 1.807) is 25.7 Å². The molecule has 0 fully saturated rings. The van der Waals surface area contributed by atoms with Gasteiger partial charge in [0.25, 0.3) is 5.91 Å². The van der Waals surface area contributed by atoms with Gasteiger partial charge in [0.2, 0.25) is 5.91 Å². The summed E-state index contributed by atoms with van der Waals surface area (Å²) in [6, 6.07) is 20.5. The Morgan fingerprint density at radius 2 is 1.64 bits per heavy atom. The summed E-state index contributed by atoms with van der Waals surface area (Å²) in [5.74, 6) is -0.658. The highest BCUT2D eigenvalue weighted by Gasteiger charge is 2.32. The maximum absolute atomic E-state index is 13.9. The highest BCUT2D eigenvalue weighted by atomic mass is 16.6. The van der Waals surface area contributed by atoms with Crippen molar-refractivity contribution in [3.8, 4) is 0 Å². The number of rotatable bonds is 11. The summed E-state index contributed by atoms with van der Waals surface area (Å²) in [7, 11) is 0. The number of amides is 3. The number of ether oxygens (including phenoxy) is 1. The average molecular weight is 532 g/mol. The molecule has 0 aliphatic rings. The van der Waals surface area contributed by atoms with Gasteiger partial charge in [-0.15, -0.1) is 0 Å². The number of fused-ring (bicyclic) bond motifs is 1. The number of nitrogens with one attached hydrogen (secondary N) is 2. The molecule has 3 aromatic carbocycles. The van der Waals surface area contributed by atoms with Crippen LogP contribution in [0, 0.1) is 6.92 Å². The maximum Gasteiger partial charge on any atom is 0.408 e. The molecule has 0 radical (unpaired) electrons. The first-order valence-electron chi connectivity index (χ1n) is 13.7. The van der Waals surface area contributed by atoms with Crippen LogP contribution in [0.25, 0.3) is 10.8 Å². The Morgan fingerprint density at radius 3 is 2.33 bits per heavy atom. The van der Waals surface area contributed by atoms with E-state index in [9.17, 15) is 14.4 Å². The van der Waals surface area contributed by atoms with Crippen molar-refractivity contribution in [2.75, 3.05) is 18.4 Å². The van der Waals surface area contributed by atoms with Gasteiger partial charge in [-0.25, -0.2) is 4.79 Å². The number of nitrogens with zero attached hydrogens (tertiary/aromatic N) is 1. The van der Waals surface area contributed by atoms with E-state index in [1.165, 1.54) is 0 Å². The highest BCUT2D eigenvalue weighted by molar-refractivity contribution is 6.00. The van der Waals surface area contributed by atoms with Crippen molar-refractivity contribution in [2.45, 2.75) is 71.9 Å². The fourth-order valence-corrected chi connectivity index (χ4v) is 4.46. The van der Waals surface area contributed by atoms with Crippen molar-refractivity contribution < 1.29 is 19.1 Å². The Bertz CT molecular complexity index is 1280. The normalized spacial score (nSPS) is 12.0. The van der Waals surface area contributed by atoms with Gasteiger partial charge >= 0.3 is 6.09 Å². The van der Waals surface area contributed by atoms with Crippen LogP contribution in [0.5, 0.6) is 0 Å². The number of hydrogen-bond donors (Lipinski definition) is 2. The zero-order valence-corrected chi connectivity index (χ0v) is 23.8. The third kappa shape index (κ3) is 9.13. The van der Waals surface area contributed by atoms with Gasteiger partial charge in [0.1, 0.15) is 18.2 Å². The van der Waals surface area contributed by atoms with E-state index in [4.69, 9.17) is 4.74 Å². The first-order chi connectivity index (χ1) is 18.6. The van der Waals surface area contributed by atoms with Crippen molar-refractivity contribution in [3.05, 3.63) is 77.9 Å². The van der Waals surface area contributed by atoms with Gasteiger partial charge in [-0.2, -0.15) is 0 Å². The van der Waals surface area contributed by atoms with Gasteiger partial charge in [0.05, 0.1) is 0 Å². The zero-order chi connectivity index (χ0) is 28.4. The second kappa shape index (κ2) is 13.8. The smallest absolute Gasteiger partial charge is 0.408 e. The van der Waals surface area contributed by atoms with E-state index in [0.717, 1.165) is 47.6 Å². The Kier molecular flexibility index (Phi) is 10.5. The van der Waals surface area contributed by atoms with Gasteiger partial charge in [-0.3, -0.25) is 9.59 Å². The van der Waals surface area contributed by atoms with Crippen molar-refractivity contribution in [2.24, 2.45) is 0 Å². The van der Waals surface area contributed by atoms with Crippen LogP contribution in [-0.2, 0) is 14.3 Å². The van der Waals surface area contributed by atoms with Crippen LogP contribution in [0.3, 0.4) is 0 Å². The number of anilines is 1. The first-order valence-corrected chi connectivity index (χ1v) is 13.7. The molecule has 1 atom stereocenters. The minimum Gasteiger partial charge on any atom is -0.444 e. The second-order valence-electron chi connectivity index (χ2n) is 10.9. The Hall–Kier alpha value is -3.87. The molecule has 0 saturated heterocycles. The standard InChI is InChI=1S/C32H41N3O4/c1-6-7-8-11-19-35(28(36)22-33-31(38)39-32(3,4)5)29(26-16-12-13-23(2)20-26)30(37)34-27-18-17-24-14-9-10-15-25(24)21-27/h9-10,12-18,20-21,29H,6-8,11,19,22H2,1-5H3,(H,33,38)(H,34,37). The number of benzene rings is 3. The van der Waals surface area contributed by atoms with Gasteiger partial charge in [-0.1, -0.05) is 86.3 Å². The zero-order valence-electron chi connectivity index (χ0n) is 23.8. The molecule has 0 heterocycles. The monoisotopic (exact) mass is 531 g/mol. The van der Waals surface area contributed by atoms with Crippen LogP contribution < -0.4 is 10.6 Å². The lowest BCUT2D eigenvalue weighted by atomic mass is 10.0. The van der Waals surface area contributed by atoms with Crippen LogP contribution in [-0.4, -0.2) is 41.5 Å². The van der Waals surface area contributed by atoms with Crippen LogP contribution in [0.2, 0.25) is 0 Å². The second-order valence-corrected chi connectivity index (χ2v) is 10.9. The predicted octanol–water partition coefficient (Wildman–Crippen LogP) is 6.76. The highest BCUT2D eigenvalue weighted by Crippen LogP contribution is 2.26. The van der Waals surface area contributed by atoms with E-state index in [0.29, 0.717) is 12.2 Å². The summed E-state index contributed by atoms with van der Waals surface area (Å²) in [4.78, 5) is 41.3. The predicted molar refractivity (Wildman–Crippen MR) is 157 cm³/mol. The van der Waals surface area contributed by atoms with Gasteiger partial charge < -0.3 is 20.3 Å². The van der Waals surface area contributed by atoms with Crippen molar-refractivity contribution >= 4 is 34.4 Å². The summed E-state index contributed by atoms with van der Waals surface area (Å²) in [5, 5.41) is 7.69. The molecule has 0 saturated carbocycles. The molecular formula is C32H41N3O4. The fourth-order valence-electron chi connectivity index (χ4n) is 4.46. The lowest BCUT2D eigenvalue weighted by molar-refractivity contribution is -0.138. The summed E-state index contributed by atoms with van der Waals surface area (Å²) in [6.45, 7) is 9.49. The quantitative estimate of drug-likeness (QED) is 0.268. The Morgan fingerprint density at radius 1 is 0.897 bits per heavy atom. The number of alkyl carbamates (subject to hydrolysis) is 1. The largest absolute Gasteiger partial charge is 0.444 e. The Labute approximate surface area is 231 Å². The van der Waals surface area contributed by atoms with Crippen molar-refractivity contribution in [1.29, 1.82) is 0 Å². The van der Waals surface area contributed by atoms with Crippen molar-refractivity contribution in [1.82, 2.24) is 10.2 Å². The lowest BCUT2D eigenvalue weighted by Crippen LogP contribution is -2.47. The summed E-state index contributed by atoms with van der Waals surface area (Å²) in [6.07, 6.45) is 3.10. The molecule has 0 aromatic heterocycles. The summed E-state index contributed by atoms with van der Waals surface area (Å²) >= 11 is 0. The number of carbonyl (C=O) groups is 3. The number of carbonyl (C=O) groups excluding carboxylic acids is 3. The molecule has 0 aliphatic heterocycles. The first kappa shape index (κ1) is 29.7. The fraction of sp³-hybridized carbons (Fsp3) is 0.406. The number of hydrogen-bond acceptors (Lipinski definition) is 4. The summed E-state index contributed by atoms with van der Waals surface area (Å²) in [5.41, 5.74) is 1.67. The molecule has 3 amide bonds. The molecule has 3 aromatic rings. The van der Waals surface area contributed by atoms with Crippen molar-refractivity contribution in [3.63, 3.8) is 0 Å². The third-order valence-corrected chi connectivity index (χ3v) is 6.29. The van der Waals surface area contributed by atoms with Crippen LogP contribution in [0.4, 0.5) is 10.5 Å². The maximum atomic E-state index is 13.9. The van der Waals surface area contributed by atoms with Crippen LogP contribution in [0.1, 0.15) is 70.5 Å². The van der Waals surface area contributed by atoms with Crippen LogP contribution >= 0.6 is 0 Å². The average Bonchev–Trinajstić information content (AvgIpc) is 2.88. The minimum absolute atomic E-state index is 0.270. The lowest BCUT2D eigenvalue weighted by Gasteiger charge is -2.32.